The highest BCUT2D eigenvalue weighted by molar-refractivity contribution is 6.07. The van der Waals surface area contributed by atoms with E-state index in [0.29, 0.717) is 13.2 Å². The molecule has 3 rings (SSSR count). The number of nitrogens with zero attached hydrogens (tertiary/aromatic N) is 2. The van der Waals surface area contributed by atoms with Gasteiger partial charge in [-0.2, -0.15) is 5.26 Å². The van der Waals surface area contributed by atoms with E-state index in [9.17, 15) is 4.79 Å². The lowest BCUT2D eigenvalue weighted by Gasteiger charge is -2.33. The van der Waals surface area contributed by atoms with E-state index < -0.39 is 5.79 Å². The molecule has 1 aromatic rings. The third kappa shape index (κ3) is 1.59. The molecule has 104 valence electrons. The minimum atomic E-state index is -1.35. The van der Waals surface area contributed by atoms with Crippen LogP contribution in [0.3, 0.4) is 0 Å². The third-order valence-corrected chi connectivity index (χ3v) is 3.84. The molecule has 0 radical (unpaired) electrons. The molecule has 0 unspecified atom stereocenters. The fourth-order valence-corrected chi connectivity index (χ4v) is 2.97. The molecule has 1 aromatic carbocycles. The van der Waals surface area contributed by atoms with Crippen molar-refractivity contribution in [2.75, 3.05) is 24.7 Å². The molecule has 1 saturated heterocycles. The van der Waals surface area contributed by atoms with Crippen molar-refractivity contribution in [2.24, 2.45) is 0 Å². The lowest BCUT2D eigenvalue weighted by atomic mass is 9.97. The number of benzene rings is 1. The number of amides is 1. The van der Waals surface area contributed by atoms with Gasteiger partial charge in [-0.1, -0.05) is 12.1 Å². The molecule has 0 saturated carbocycles. The number of hydrogen-bond acceptors (Lipinski definition) is 4. The van der Waals surface area contributed by atoms with Crippen LogP contribution in [0.1, 0.15) is 23.1 Å². The minimum absolute atomic E-state index is 0.00456. The van der Waals surface area contributed by atoms with Crippen molar-refractivity contribution in [2.45, 2.75) is 26.1 Å². The normalized spacial score (nSPS) is 20.1. The Morgan fingerprint density at radius 2 is 1.95 bits per heavy atom. The van der Waals surface area contributed by atoms with Gasteiger partial charge in [-0.05, 0) is 31.4 Å². The van der Waals surface area contributed by atoms with Gasteiger partial charge in [0.1, 0.15) is 6.54 Å². The molecule has 0 bridgehead atoms. The Balaban J connectivity index is 2.24. The van der Waals surface area contributed by atoms with E-state index in [-0.39, 0.29) is 12.5 Å². The zero-order valence-electron chi connectivity index (χ0n) is 11.6. The molecule has 0 atom stereocenters. The van der Waals surface area contributed by atoms with Crippen LogP contribution >= 0.6 is 0 Å². The molecule has 0 aromatic heterocycles. The van der Waals surface area contributed by atoms with E-state index in [1.807, 2.05) is 32.0 Å². The molecule has 5 heteroatoms. The van der Waals surface area contributed by atoms with E-state index in [1.54, 1.807) is 0 Å². The average Bonchev–Trinajstić information content (AvgIpc) is 2.68. The first-order chi connectivity index (χ1) is 9.62. The first-order valence-corrected chi connectivity index (χ1v) is 6.69. The fourth-order valence-electron chi connectivity index (χ4n) is 2.97. The van der Waals surface area contributed by atoms with Crippen LogP contribution in [0.4, 0.5) is 5.69 Å². The standard InChI is InChI=1S/C15H16N2O3/c1-10-4-5-11(2)13-12(10)15(19-8-3-9-20-15)14(18)17(13)7-6-16/h4-5H,3,7-9H2,1-2H3. The van der Waals surface area contributed by atoms with Crippen LogP contribution in [0.2, 0.25) is 0 Å². The van der Waals surface area contributed by atoms with Crippen LogP contribution in [-0.4, -0.2) is 25.7 Å². The van der Waals surface area contributed by atoms with E-state index in [1.165, 1.54) is 4.90 Å². The van der Waals surface area contributed by atoms with Gasteiger partial charge < -0.3 is 9.47 Å². The third-order valence-electron chi connectivity index (χ3n) is 3.84. The Kier molecular flexibility index (Phi) is 3.00. The van der Waals surface area contributed by atoms with Crippen LogP contribution < -0.4 is 4.90 Å². The van der Waals surface area contributed by atoms with E-state index in [4.69, 9.17) is 14.7 Å². The van der Waals surface area contributed by atoms with Gasteiger partial charge in [0.05, 0.1) is 25.0 Å². The smallest absolute Gasteiger partial charge is 0.293 e. The Morgan fingerprint density at radius 1 is 1.30 bits per heavy atom. The highest BCUT2D eigenvalue weighted by Gasteiger charge is 2.56. The molecule has 1 amide bonds. The van der Waals surface area contributed by atoms with Crippen molar-refractivity contribution < 1.29 is 14.3 Å². The zero-order valence-corrected chi connectivity index (χ0v) is 11.6. The number of carbonyl (C=O) groups is 1. The summed E-state index contributed by atoms with van der Waals surface area (Å²) in [6, 6.07) is 5.95. The van der Waals surface area contributed by atoms with Gasteiger partial charge in [-0.3, -0.25) is 9.69 Å². The molecule has 20 heavy (non-hydrogen) atoms. The number of aryl methyl sites for hydroxylation is 2. The van der Waals surface area contributed by atoms with Crippen molar-refractivity contribution in [1.82, 2.24) is 0 Å². The van der Waals surface area contributed by atoms with E-state index in [2.05, 4.69) is 0 Å². The molecule has 0 aliphatic carbocycles. The molecular formula is C15H16N2O3. The Bertz CT molecular complexity index is 612. The average molecular weight is 272 g/mol. The lowest BCUT2D eigenvalue weighted by Crippen LogP contribution is -2.47. The number of fused-ring (bicyclic) bond motifs is 2. The van der Waals surface area contributed by atoms with E-state index >= 15 is 0 Å². The van der Waals surface area contributed by atoms with Gasteiger partial charge in [0.15, 0.2) is 0 Å². The fraction of sp³-hybridized carbons (Fsp3) is 0.467. The number of hydrogen-bond donors (Lipinski definition) is 0. The number of nitriles is 1. The van der Waals surface area contributed by atoms with Crippen LogP contribution in [0.25, 0.3) is 0 Å². The molecule has 2 aliphatic rings. The maximum absolute atomic E-state index is 12.8. The number of anilines is 1. The topological polar surface area (TPSA) is 62.6 Å². The molecule has 1 spiro atoms. The van der Waals surface area contributed by atoms with E-state index in [0.717, 1.165) is 28.8 Å². The molecular weight excluding hydrogens is 256 g/mol. The second kappa shape index (κ2) is 4.58. The summed E-state index contributed by atoms with van der Waals surface area (Å²) in [5, 5.41) is 8.99. The minimum Gasteiger partial charge on any atom is -0.338 e. The molecule has 2 aliphatic heterocycles. The summed E-state index contributed by atoms with van der Waals surface area (Å²) in [5.74, 6) is -1.63. The number of rotatable bonds is 1. The summed E-state index contributed by atoms with van der Waals surface area (Å²) in [6.45, 7) is 4.84. The van der Waals surface area contributed by atoms with Gasteiger partial charge in [-0.25, -0.2) is 0 Å². The first kappa shape index (κ1) is 13.1. The van der Waals surface area contributed by atoms with Crippen LogP contribution in [0.5, 0.6) is 0 Å². The maximum atomic E-state index is 12.8. The Labute approximate surface area is 117 Å². The highest BCUT2D eigenvalue weighted by Crippen LogP contribution is 2.48. The monoisotopic (exact) mass is 272 g/mol. The van der Waals surface area contributed by atoms with Crippen LogP contribution in [0.15, 0.2) is 12.1 Å². The Hall–Kier alpha value is -1.90. The predicted octanol–water partition coefficient (Wildman–Crippen LogP) is 1.76. The van der Waals surface area contributed by atoms with Crippen LogP contribution in [0, 0.1) is 25.2 Å². The van der Waals surface area contributed by atoms with Gasteiger partial charge in [0, 0.05) is 5.56 Å². The lowest BCUT2D eigenvalue weighted by molar-refractivity contribution is -0.256. The van der Waals surface area contributed by atoms with Crippen LogP contribution in [-0.2, 0) is 20.1 Å². The van der Waals surface area contributed by atoms with Gasteiger partial charge in [0.25, 0.3) is 11.7 Å². The zero-order chi connectivity index (χ0) is 14.3. The number of ether oxygens (including phenoxy) is 2. The highest BCUT2D eigenvalue weighted by atomic mass is 16.7. The van der Waals surface area contributed by atoms with Crippen molar-refractivity contribution in [3.05, 3.63) is 28.8 Å². The summed E-state index contributed by atoms with van der Waals surface area (Å²) in [6.07, 6.45) is 0.771. The predicted molar refractivity (Wildman–Crippen MR) is 72.1 cm³/mol. The first-order valence-electron chi connectivity index (χ1n) is 6.69. The summed E-state index contributed by atoms with van der Waals surface area (Å²) in [5.41, 5.74) is 3.42. The summed E-state index contributed by atoms with van der Waals surface area (Å²) < 4.78 is 11.5. The maximum Gasteiger partial charge on any atom is 0.293 e. The summed E-state index contributed by atoms with van der Waals surface area (Å²) in [4.78, 5) is 14.2. The van der Waals surface area contributed by atoms with Crippen molar-refractivity contribution in [1.29, 1.82) is 5.26 Å². The Morgan fingerprint density at radius 3 is 2.60 bits per heavy atom. The van der Waals surface area contributed by atoms with Crippen molar-refractivity contribution in [3.8, 4) is 6.07 Å². The van der Waals surface area contributed by atoms with Crippen molar-refractivity contribution in [3.63, 3.8) is 0 Å². The van der Waals surface area contributed by atoms with Gasteiger partial charge in [-0.15, -0.1) is 0 Å². The second-order valence-corrected chi connectivity index (χ2v) is 5.14. The molecule has 5 nitrogen and oxygen atoms in total. The SMILES string of the molecule is Cc1ccc(C)c2c1N(CC#N)C(=O)C21OCCCO1. The molecule has 1 fully saturated rings. The number of carbonyl (C=O) groups excluding carboxylic acids is 1. The summed E-state index contributed by atoms with van der Waals surface area (Å²) in [7, 11) is 0. The molecule has 0 N–H and O–H groups in total. The second-order valence-electron chi connectivity index (χ2n) is 5.14. The quantitative estimate of drug-likeness (QED) is 0.731. The van der Waals surface area contributed by atoms with Gasteiger partial charge >= 0.3 is 0 Å². The van der Waals surface area contributed by atoms with Crippen molar-refractivity contribution >= 4 is 11.6 Å². The van der Waals surface area contributed by atoms with Gasteiger partial charge in [0.2, 0.25) is 0 Å². The largest absolute Gasteiger partial charge is 0.338 e. The summed E-state index contributed by atoms with van der Waals surface area (Å²) >= 11 is 0. The molecule has 2 heterocycles.